The van der Waals surface area contributed by atoms with E-state index in [1.165, 1.54) is 37.7 Å². The molecule has 1 unspecified atom stereocenters. The lowest BCUT2D eigenvalue weighted by molar-refractivity contribution is 0.329. The van der Waals surface area contributed by atoms with Crippen LogP contribution < -0.4 is 5.32 Å². The van der Waals surface area contributed by atoms with Crippen molar-refractivity contribution in [3.8, 4) is 0 Å². The Morgan fingerprint density at radius 2 is 1.71 bits per heavy atom. The Hall–Kier alpha value is -0.820. The number of aryl methyl sites for hydroxylation is 1. The van der Waals surface area contributed by atoms with Gasteiger partial charge in [-0.3, -0.25) is 0 Å². The predicted octanol–water partition coefficient (Wildman–Crippen LogP) is 4.03. The summed E-state index contributed by atoms with van der Waals surface area (Å²) >= 11 is 0. The summed E-state index contributed by atoms with van der Waals surface area (Å²) < 4.78 is 0. The van der Waals surface area contributed by atoms with Gasteiger partial charge in [0.2, 0.25) is 0 Å². The Balaban J connectivity index is 2.33. The van der Waals surface area contributed by atoms with Crippen LogP contribution >= 0.6 is 0 Å². The van der Waals surface area contributed by atoms with Gasteiger partial charge in [-0.2, -0.15) is 0 Å². The number of rotatable bonds is 8. The zero-order chi connectivity index (χ0) is 12.5. The van der Waals surface area contributed by atoms with E-state index < -0.39 is 0 Å². The summed E-state index contributed by atoms with van der Waals surface area (Å²) in [6.45, 7) is 4.60. The quantitative estimate of drug-likeness (QED) is 0.714. The van der Waals surface area contributed by atoms with Gasteiger partial charge in [-0.15, -0.1) is 0 Å². The number of hydrogen-bond donors (Lipinski definition) is 1. The summed E-state index contributed by atoms with van der Waals surface area (Å²) in [4.78, 5) is 0. The van der Waals surface area contributed by atoms with Crippen LogP contribution in [0.4, 0.5) is 0 Å². The molecule has 0 aliphatic carbocycles. The lowest BCUT2D eigenvalue weighted by Crippen LogP contribution is -2.33. The highest BCUT2D eigenvalue weighted by atomic mass is 14.9. The average Bonchev–Trinajstić information content (AvgIpc) is 2.39. The van der Waals surface area contributed by atoms with Crippen molar-refractivity contribution in [2.45, 2.75) is 52.0 Å². The Bertz CT molecular complexity index is 277. The molecular weight excluding hydrogens is 206 g/mol. The molecule has 0 saturated heterocycles. The largest absolute Gasteiger partial charge is 0.317 e. The van der Waals surface area contributed by atoms with E-state index in [1.807, 2.05) is 0 Å². The van der Waals surface area contributed by atoms with Crippen molar-refractivity contribution in [2.24, 2.45) is 5.92 Å². The van der Waals surface area contributed by atoms with Gasteiger partial charge in [0.25, 0.3) is 0 Å². The summed E-state index contributed by atoms with van der Waals surface area (Å²) in [7, 11) is 2.10. The minimum atomic E-state index is 0.689. The maximum atomic E-state index is 3.49. The molecule has 1 N–H and O–H groups in total. The van der Waals surface area contributed by atoms with Gasteiger partial charge in [-0.05, 0) is 37.8 Å². The van der Waals surface area contributed by atoms with Crippen LogP contribution in [0.1, 0.15) is 45.1 Å². The van der Waals surface area contributed by atoms with Crippen LogP contribution in [0.2, 0.25) is 0 Å². The van der Waals surface area contributed by atoms with E-state index in [0.717, 1.165) is 5.92 Å². The van der Waals surface area contributed by atoms with Crippen LogP contribution in [-0.2, 0) is 6.42 Å². The second kappa shape index (κ2) is 8.30. The fourth-order valence-electron chi connectivity index (χ4n) is 2.64. The van der Waals surface area contributed by atoms with E-state index in [-0.39, 0.29) is 0 Å². The van der Waals surface area contributed by atoms with E-state index in [4.69, 9.17) is 0 Å². The molecule has 0 amide bonds. The molecule has 0 fully saturated rings. The molecule has 17 heavy (non-hydrogen) atoms. The first-order valence-electron chi connectivity index (χ1n) is 7.03. The molecule has 0 heterocycles. The van der Waals surface area contributed by atoms with Crippen LogP contribution in [0.3, 0.4) is 0 Å². The van der Waals surface area contributed by atoms with Crippen LogP contribution in [0.5, 0.6) is 0 Å². The summed E-state index contributed by atoms with van der Waals surface area (Å²) in [5.41, 5.74) is 1.46. The molecule has 0 aliphatic rings. The first kappa shape index (κ1) is 14.2. The molecule has 1 nitrogen and oxygen atoms in total. The zero-order valence-electron chi connectivity index (χ0n) is 11.6. The van der Waals surface area contributed by atoms with Crippen molar-refractivity contribution in [3.63, 3.8) is 0 Å². The SMILES string of the molecule is CCC(CC)C(CCCc1ccccc1)NC. The third-order valence-corrected chi connectivity index (χ3v) is 3.81. The Labute approximate surface area is 107 Å². The average molecular weight is 233 g/mol. The molecular formula is C16H27N. The molecule has 96 valence electrons. The normalized spacial score (nSPS) is 12.9. The van der Waals surface area contributed by atoms with Crippen molar-refractivity contribution in [1.82, 2.24) is 5.32 Å². The van der Waals surface area contributed by atoms with Gasteiger partial charge in [-0.25, -0.2) is 0 Å². The minimum absolute atomic E-state index is 0.689. The molecule has 1 atom stereocenters. The minimum Gasteiger partial charge on any atom is -0.317 e. The topological polar surface area (TPSA) is 12.0 Å². The van der Waals surface area contributed by atoms with Gasteiger partial charge in [0, 0.05) is 6.04 Å². The van der Waals surface area contributed by atoms with E-state index in [9.17, 15) is 0 Å². The fourth-order valence-corrected chi connectivity index (χ4v) is 2.64. The van der Waals surface area contributed by atoms with Gasteiger partial charge in [0.15, 0.2) is 0 Å². The molecule has 0 aliphatic heterocycles. The van der Waals surface area contributed by atoms with E-state index in [0.29, 0.717) is 6.04 Å². The summed E-state index contributed by atoms with van der Waals surface area (Å²) in [5, 5.41) is 3.49. The second-order valence-corrected chi connectivity index (χ2v) is 4.85. The Kier molecular flexibility index (Phi) is 6.95. The number of benzene rings is 1. The second-order valence-electron chi connectivity index (χ2n) is 4.85. The van der Waals surface area contributed by atoms with Gasteiger partial charge in [-0.1, -0.05) is 57.0 Å². The monoisotopic (exact) mass is 233 g/mol. The van der Waals surface area contributed by atoms with Gasteiger partial charge in [0.05, 0.1) is 0 Å². The molecule has 0 radical (unpaired) electrons. The van der Waals surface area contributed by atoms with E-state index in [1.54, 1.807) is 0 Å². The Morgan fingerprint density at radius 1 is 1.06 bits per heavy atom. The predicted molar refractivity (Wildman–Crippen MR) is 76.3 cm³/mol. The highest BCUT2D eigenvalue weighted by molar-refractivity contribution is 5.14. The molecule has 0 bridgehead atoms. The van der Waals surface area contributed by atoms with Crippen LogP contribution in [0.15, 0.2) is 30.3 Å². The summed E-state index contributed by atoms with van der Waals surface area (Å²) in [6.07, 6.45) is 6.35. The molecule has 0 saturated carbocycles. The van der Waals surface area contributed by atoms with Gasteiger partial charge < -0.3 is 5.32 Å². The molecule has 0 spiro atoms. The van der Waals surface area contributed by atoms with Crippen molar-refractivity contribution in [2.75, 3.05) is 7.05 Å². The first-order valence-corrected chi connectivity index (χ1v) is 7.03. The number of nitrogens with one attached hydrogen (secondary N) is 1. The summed E-state index contributed by atoms with van der Waals surface area (Å²) in [5.74, 6) is 0.829. The third kappa shape index (κ3) is 4.91. The van der Waals surface area contributed by atoms with E-state index in [2.05, 4.69) is 56.5 Å². The molecule has 0 aromatic heterocycles. The first-order chi connectivity index (χ1) is 8.31. The third-order valence-electron chi connectivity index (χ3n) is 3.81. The van der Waals surface area contributed by atoms with Gasteiger partial charge >= 0.3 is 0 Å². The highest BCUT2D eigenvalue weighted by Crippen LogP contribution is 2.18. The van der Waals surface area contributed by atoms with Crippen molar-refractivity contribution >= 4 is 0 Å². The zero-order valence-corrected chi connectivity index (χ0v) is 11.6. The smallest absolute Gasteiger partial charge is 0.00922 e. The summed E-state index contributed by atoms with van der Waals surface area (Å²) in [6, 6.07) is 11.5. The lowest BCUT2D eigenvalue weighted by Gasteiger charge is -2.24. The van der Waals surface area contributed by atoms with Crippen molar-refractivity contribution < 1.29 is 0 Å². The van der Waals surface area contributed by atoms with Crippen molar-refractivity contribution in [1.29, 1.82) is 0 Å². The molecule has 1 aromatic rings. The van der Waals surface area contributed by atoms with Crippen molar-refractivity contribution in [3.05, 3.63) is 35.9 Å². The van der Waals surface area contributed by atoms with Crippen LogP contribution in [0, 0.1) is 5.92 Å². The lowest BCUT2D eigenvalue weighted by atomic mass is 9.90. The van der Waals surface area contributed by atoms with E-state index >= 15 is 0 Å². The van der Waals surface area contributed by atoms with Gasteiger partial charge in [0.1, 0.15) is 0 Å². The molecule has 1 rings (SSSR count). The molecule has 1 aromatic carbocycles. The fraction of sp³-hybridized carbons (Fsp3) is 0.625. The van der Waals surface area contributed by atoms with Crippen LogP contribution in [-0.4, -0.2) is 13.1 Å². The van der Waals surface area contributed by atoms with Crippen LogP contribution in [0.25, 0.3) is 0 Å². The Morgan fingerprint density at radius 3 is 2.24 bits per heavy atom. The number of hydrogen-bond acceptors (Lipinski definition) is 1. The molecule has 1 heteroatoms. The maximum Gasteiger partial charge on any atom is 0.00922 e. The standard InChI is InChI=1S/C16H27N/c1-4-15(5-2)16(17-3)13-9-12-14-10-7-6-8-11-14/h6-8,10-11,15-17H,4-5,9,12-13H2,1-3H3. The highest BCUT2D eigenvalue weighted by Gasteiger charge is 2.15. The maximum absolute atomic E-state index is 3.49.